The number of aliphatic hydroxyl groups is 1. The van der Waals surface area contributed by atoms with Gasteiger partial charge in [0.25, 0.3) is 10.2 Å². The highest BCUT2D eigenvalue weighted by molar-refractivity contribution is 7.86. The van der Waals surface area contributed by atoms with E-state index in [9.17, 15) is 23.6 Å². The van der Waals surface area contributed by atoms with Crippen molar-refractivity contribution in [3.8, 4) is 11.8 Å². The molecule has 11 heteroatoms. The average Bonchev–Trinajstić information content (AvgIpc) is 3.09. The molecule has 0 saturated carbocycles. The molecule has 1 N–H and O–H groups in total. The Morgan fingerprint density at radius 3 is 2.40 bits per heavy atom. The zero-order chi connectivity index (χ0) is 22.5. The minimum atomic E-state index is -3.91. The smallest absolute Gasteiger partial charge is 0.410 e. The lowest BCUT2D eigenvalue weighted by atomic mass is 10.1. The number of methoxy groups -OCH3 is 2. The van der Waals surface area contributed by atoms with Gasteiger partial charge in [0.2, 0.25) is 0 Å². The van der Waals surface area contributed by atoms with Crippen LogP contribution in [0.2, 0.25) is 0 Å². The van der Waals surface area contributed by atoms with Gasteiger partial charge in [-0.15, -0.1) is 0 Å². The highest BCUT2D eigenvalue weighted by Gasteiger charge is 2.49. The van der Waals surface area contributed by atoms with Crippen LogP contribution in [0.1, 0.15) is 18.4 Å². The third-order valence-electron chi connectivity index (χ3n) is 5.23. The van der Waals surface area contributed by atoms with E-state index in [-0.39, 0.29) is 19.4 Å². The standard InChI is InChI=1S/C19H28N4O6S/c1-21(2)30(26,27)22(12-14-5-7-16(28-3)8-6-14)17-11-15(9-10-20)23(18(17)13-24)19(25)29-4/h5-8,15,17-18,24H,9,11-13H2,1-4H3/t15-,17+,18+/m1/s1. The van der Waals surface area contributed by atoms with Crippen molar-refractivity contribution >= 4 is 16.3 Å². The molecule has 1 heterocycles. The van der Waals surface area contributed by atoms with E-state index < -0.39 is 41.0 Å². The fraction of sp³-hybridized carbons (Fsp3) is 0.579. The first-order valence-electron chi connectivity index (χ1n) is 9.37. The summed E-state index contributed by atoms with van der Waals surface area (Å²) in [7, 11) is 1.68. The van der Waals surface area contributed by atoms with E-state index in [1.807, 2.05) is 6.07 Å². The van der Waals surface area contributed by atoms with Crippen LogP contribution >= 0.6 is 0 Å². The number of aliphatic hydroxyl groups excluding tert-OH is 1. The third kappa shape index (κ3) is 4.84. The van der Waals surface area contributed by atoms with Gasteiger partial charge in [0.05, 0.1) is 51.4 Å². The number of nitriles is 1. The number of amides is 1. The molecule has 1 aliphatic rings. The van der Waals surface area contributed by atoms with Gasteiger partial charge >= 0.3 is 6.09 Å². The third-order valence-corrected chi connectivity index (χ3v) is 7.15. The number of hydrogen-bond acceptors (Lipinski definition) is 7. The lowest BCUT2D eigenvalue weighted by Gasteiger charge is -2.35. The zero-order valence-corrected chi connectivity index (χ0v) is 18.4. The largest absolute Gasteiger partial charge is 0.497 e. The van der Waals surface area contributed by atoms with Crippen molar-refractivity contribution in [2.45, 2.75) is 37.5 Å². The lowest BCUT2D eigenvalue weighted by Crippen LogP contribution is -2.53. The second-order valence-corrected chi connectivity index (χ2v) is 9.22. The summed E-state index contributed by atoms with van der Waals surface area (Å²) < 4.78 is 38.6. The molecule has 0 unspecified atom stereocenters. The van der Waals surface area contributed by atoms with Crippen molar-refractivity contribution in [1.29, 1.82) is 5.26 Å². The molecule has 0 radical (unpaired) electrons. The molecule has 1 aliphatic heterocycles. The summed E-state index contributed by atoms with van der Waals surface area (Å²) in [4.78, 5) is 13.6. The number of hydrogen-bond donors (Lipinski definition) is 1. The van der Waals surface area contributed by atoms with E-state index in [0.717, 1.165) is 4.31 Å². The Kier molecular flexibility index (Phi) is 8.03. The minimum Gasteiger partial charge on any atom is -0.497 e. The first-order valence-corrected chi connectivity index (χ1v) is 10.8. The van der Waals surface area contributed by atoms with E-state index in [1.54, 1.807) is 31.4 Å². The zero-order valence-electron chi connectivity index (χ0n) is 17.6. The van der Waals surface area contributed by atoms with Crippen LogP contribution in [0.3, 0.4) is 0 Å². The molecule has 1 aromatic rings. The maximum absolute atomic E-state index is 13.2. The minimum absolute atomic E-state index is 0.000484. The van der Waals surface area contributed by atoms with Crippen molar-refractivity contribution < 1.29 is 27.8 Å². The molecule has 2 rings (SSSR count). The van der Waals surface area contributed by atoms with Crippen LogP contribution in [0.4, 0.5) is 4.79 Å². The molecule has 1 fully saturated rings. The summed E-state index contributed by atoms with van der Waals surface area (Å²) in [5.74, 6) is 0.640. The molecular formula is C19H28N4O6S. The maximum atomic E-state index is 13.2. The fourth-order valence-corrected chi connectivity index (χ4v) is 4.99. The summed E-state index contributed by atoms with van der Waals surface area (Å²) in [6.45, 7) is -0.441. The van der Waals surface area contributed by atoms with Gasteiger partial charge in [-0.1, -0.05) is 12.1 Å². The molecule has 0 bridgehead atoms. The summed E-state index contributed by atoms with van der Waals surface area (Å²) in [5.41, 5.74) is 0.714. The highest BCUT2D eigenvalue weighted by Crippen LogP contribution is 2.34. The molecule has 166 valence electrons. The van der Waals surface area contributed by atoms with E-state index in [0.29, 0.717) is 11.3 Å². The normalized spacial score (nSPS) is 21.7. The predicted octanol–water partition coefficient (Wildman–Crippen LogP) is 0.787. The highest BCUT2D eigenvalue weighted by atomic mass is 32.2. The number of carbonyl (C=O) groups is 1. The van der Waals surface area contributed by atoms with Crippen LogP contribution in [0.5, 0.6) is 5.75 Å². The number of rotatable bonds is 8. The number of carbonyl (C=O) groups excluding carboxylic acids is 1. The fourth-order valence-electron chi connectivity index (χ4n) is 3.69. The van der Waals surface area contributed by atoms with Crippen LogP contribution in [-0.4, -0.2) is 86.2 Å². The van der Waals surface area contributed by atoms with Crippen LogP contribution in [0, 0.1) is 11.3 Å². The molecule has 1 saturated heterocycles. The van der Waals surface area contributed by atoms with Gasteiger partial charge in [0.15, 0.2) is 0 Å². The van der Waals surface area contributed by atoms with Gasteiger partial charge in [0, 0.05) is 20.6 Å². The molecule has 0 spiro atoms. The first kappa shape index (κ1) is 23.9. The Bertz CT molecular complexity index is 868. The quantitative estimate of drug-likeness (QED) is 0.634. The molecule has 0 aliphatic carbocycles. The number of ether oxygens (including phenoxy) is 2. The molecular weight excluding hydrogens is 412 g/mol. The summed E-state index contributed by atoms with van der Waals surface area (Å²) in [6, 6.07) is 6.84. The van der Waals surface area contributed by atoms with Crippen molar-refractivity contribution in [2.24, 2.45) is 0 Å². The van der Waals surface area contributed by atoms with Crippen LogP contribution in [-0.2, 0) is 21.5 Å². The predicted molar refractivity (Wildman–Crippen MR) is 109 cm³/mol. The van der Waals surface area contributed by atoms with Gasteiger partial charge in [-0.2, -0.15) is 22.3 Å². The van der Waals surface area contributed by atoms with Gasteiger partial charge in [-0.3, -0.25) is 4.90 Å². The van der Waals surface area contributed by atoms with Gasteiger partial charge < -0.3 is 14.6 Å². The van der Waals surface area contributed by atoms with Crippen molar-refractivity contribution in [3.05, 3.63) is 29.8 Å². The molecule has 30 heavy (non-hydrogen) atoms. The summed E-state index contributed by atoms with van der Waals surface area (Å²) in [6.07, 6.45) is -0.499. The second kappa shape index (κ2) is 10.1. The van der Waals surface area contributed by atoms with E-state index in [1.165, 1.54) is 30.4 Å². The number of benzene rings is 1. The Labute approximate surface area is 177 Å². The Morgan fingerprint density at radius 2 is 1.93 bits per heavy atom. The van der Waals surface area contributed by atoms with Crippen molar-refractivity contribution in [1.82, 2.24) is 13.5 Å². The SMILES string of the molecule is COC(=O)N1[C@H](CC#N)C[C@H](N(Cc2ccc(OC)cc2)S(=O)(=O)N(C)C)[C@@H]1CO. The Balaban J connectivity index is 2.47. The van der Waals surface area contributed by atoms with Crippen LogP contribution < -0.4 is 4.74 Å². The summed E-state index contributed by atoms with van der Waals surface area (Å²) in [5, 5.41) is 19.2. The Hall–Kier alpha value is -2.39. The molecule has 3 atom stereocenters. The topological polar surface area (TPSA) is 123 Å². The van der Waals surface area contributed by atoms with Gasteiger partial charge in [0.1, 0.15) is 5.75 Å². The second-order valence-electron chi connectivity index (χ2n) is 7.13. The monoisotopic (exact) mass is 440 g/mol. The van der Waals surface area contributed by atoms with Gasteiger partial charge in [-0.05, 0) is 24.1 Å². The number of nitrogens with zero attached hydrogens (tertiary/aromatic N) is 4. The Morgan fingerprint density at radius 1 is 1.30 bits per heavy atom. The van der Waals surface area contributed by atoms with E-state index in [2.05, 4.69) is 0 Å². The van der Waals surface area contributed by atoms with Crippen LogP contribution in [0.25, 0.3) is 0 Å². The van der Waals surface area contributed by atoms with Crippen molar-refractivity contribution in [3.63, 3.8) is 0 Å². The molecule has 0 aromatic heterocycles. The maximum Gasteiger partial charge on any atom is 0.410 e. The molecule has 1 aromatic carbocycles. The first-order chi connectivity index (χ1) is 14.2. The van der Waals surface area contributed by atoms with Crippen LogP contribution in [0.15, 0.2) is 24.3 Å². The van der Waals surface area contributed by atoms with Gasteiger partial charge in [-0.25, -0.2) is 4.79 Å². The van der Waals surface area contributed by atoms with Crippen molar-refractivity contribution in [2.75, 3.05) is 34.9 Å². The van der Waals surface area contributed by atoms with E-state index in [4.69, 9.17) is 9.47 Å². The molecule has 10 nitrogen and oxygen atoms in total. The summed E-state index contributed by atoms with van der Waals surface area (Å²) >= 11 is 0. The lowest BCUT2D eigenvalue weighted by molar-refractivity contribution is 0.0744. The number of likely N-dealkylation sites (tertiary alicyclic amines) is 1. The average molecular weight is 441 g/mol. The molecule has 1 amide bonds. The van der Waals surface area contributed by atoms with E-state index >= 15 is 0 Å².